The van der Waals surface area contributed by atoms with Crippen LogP contribution in [0.1, 0.15) is 44.5 Å². The molecule has 0 radical (unpaired) electrons. The molecular formula is C20H24ClNO2. The SMILES string of the molecule is CC1(C)C(C(=O)OCc2[nH]ccc2Cc2ccc(Cl)cc2)C1(C)C. The first kappa shape index (κ1) is 17.1. The number of hydrogen-bond acceptors (Lipinski definition) is 2. The van der Waals surface area contributed by atoms with Gasteiger partial charge >= 0.3 is 5.97 Å². The van der Waals surface area contributed by atoms with Gasteiger partial charge in [-0.2, -0.15) is 0 Å². The monoisotopic (exact) mass is 345 g/mol. The van der Waals surface area contributed by atoms with Crippen molar-refractivity contribution in [2.75, 3.05) is 0 Å². The average molecular weight is 346 g/mol. The Hall–Kier alpha value is -1.74. The number of hydrogen-bond donors (Lipinski definition) is 1. The third-order valence-corrected chi connectivity index (χ3v) is 6.10. The summed E-state index contributed by atoms with van der Waals surface area (Å²) in [4.78, 5) is 15.6. The van der Waals surface area contributed by atoms with Crippen LogP contribution in [0, 0.1) is 16.7 Å². The Morgan fingerprint density at radius 2 is 1.75 bits per heavy atom. The molecular weight excluding hydrogens is 322 g/mol. The van der Waals surface area contributed by atoms with Crippen molar-refractivity contribution in [1.82, 2.24) is 4.98 Å². The normalized spacial score (nSPS) is 18.4. The minimum Gasteiger partial charge on any atom is -0.459 e. The zero-order valence-electron chi connectivity index (χ0n) is 14.7. The molecule has 0 bridgehead atoms. The van der Waals surface area contributed by atoms with Crippen LogP contribution in [0.5, 0.6) is 0 Å². The number of rotatable bonds is 5. The molecule has 1 aromatic heterocycles. The van der Waals surface area contributed by atoms with Gasteiger partial charge in [0.2, 0.25) is 0 Å². The van der Waals surface area contributed by atoms with E-state index in [-0.39, 0.29) is 29.3 Å². The lowest BCUT2D eigenvalue weighted by Gasteiger charge is -2.08. The number of nitrogens with one attached hydrogen (secondary N) is 1. The summed E-state index contributed by atoms with van der Waals surface area (Å²) in [7, 11) is 0. The maximum Gasteiger partial charge on any atom is 0.310 e. The Bertz CT molecular complexity index is 729. The average Bonchev–Trinajstić information content (AvgIpc) is 2.81. The molecule has 0 saturated heterocycles. The Kier molecular flexibility index (Phi) is 4.25. The second-order valence-corrected chi connectivity index (χ2v) is 8.21. The Labute approximate surface area is 148 Å². The van der Waals surface area contributed by atoms with Crippen molar-refractivity contribution in [2.24, 2.45) is 16.7 Å². The van der Waals surface area contributed by atoms with Crippen molar-refractivity contribution in [3.63, 3.8) is 0 Å². The van der Waals surface area contributed by atoms with Crippen molar-refractivity contribution in [1.29, 1.82) is 0 Å². The standard InChI is InChI=1S/C20H24ClNO2/c1-19(2)17(20(19,3)4)18(23)24-12-16-14(9-10-22-16)11-13-5-7-15(21)8-6-13/h5-10,17,22H,11-12H2,1-4H3. The highest BCUT2D eigenvalue weighted by molar-refractivity contribution is 6.30. The lowest BCUT2D eigenvalue weighted by Crippen LogP contribution is -2.12. The zero-order valence-corrected chi connectivity index (χ0v) is 15.4. The van der Waals surface area contributed by atoms with Crippen molar-refractivity contribution >= 4 is 17.6 Å². The molecule has 3 rings (SSSR count). The van der Waals surface area contributed by atoms with Crippen LogP contribution in [0.25, 0.3) is 0 Å². The summed E-state index contributed by atoms with van der Waals surface area (Å²) < 4.78 is 5.59. The first-order valence-corrected chi connectivity index (χ1v) is 8.67. The molecule has 1 heterocycles. The van der Waals surface area contributed by atoms with Crippen LogP contribution in [0.2, 0.25) is 5.02 Å². The molecule has 4 heteroatoms. The van der Waals surface area contributed by atoms with E-state index in [4.69, 9.17) is 16.3 Å². The largest absolute Gasteiger partial charge is 0.459 e. The fraction of sp³-hybridized carbons (Fsp3) is 0.450. The van der Waals surface area contributed by atoms with Gasteiger partial charge in [0.15, 0.2) is 0 Å². The molecule has 24 heavy (non-hydrogen) atoms. The summed E-state index contributed by atoms with van der Waals surface area (Å²) in [5.41, 5.74) is 3.28. The summed E-state index contributed by atoms with van der Waals surface area (Å²) in [6, 6.07) is 9.84. The van der Waals surface area contributed by atoms with Crippen molar-refractivity contribution in [3.05, 3.63) is 58.4 Å². The zero-order chi connectivity index (χ0) is 17.5. The maximum atomic E-state index is 12.4. The summed E-state index contributed by atoms with van der Waals surface area (Å²) in [6.07, 6.45) is 2.67. The van der Waals surface area contributed by atoms with Gasteiger partial charge in [-0.25, -0.2) is 0 Å². The minimum atomic E-state index is -0.1000. The number of aromatic nitrogens is 1. The summed E-state index contributed by atoms with van der Waals surface area (Å²) in [6.45, 7) is 8.79. The second kappa shape index (κ2) is 5.96. The van der Waals surface area contributed by atoms with Crippen LogP contribution >= 0.6 is 11.6 Å². The molecule has 1 aromatic carbocycles. The topological polar surface area (TPSA) is 42.1 Å². The number of carbonyl (C=O) groups is 1. The Balaban J connectivity index is 1.62. The first-order chi connectivity index (χ1) is 11.2. The molecule has 0 aliphatic heterocycles. The van der Waals surface area contributed by atoms with Crippen LogP contribution in [-0.2, 0) is 22.6 Å². The van der Waals surface area contributed by atoms with E-state index < -0.39 is 0 Å². The van der Waals surface area contributed by atoms with Crippen molar-refractivity contribution in [3.8, 4) is 0 Å². The second-order valence-electron chi connectivity index (χ2n) is 7.77. The molecule has 2 aromatic rings. The smallest absolute Gasteiger partial charge is 0.310 e. The Morgan fingerprint density at radius 3 is 2.33 bits per heavy atom. The molecule has 3 nitrogen and oxygen atoms in total. The summed E-state index contributed by atoms with van der Waals surface area (Å²) in [5, 5.41) is 0.733. The highest BCUT2D eigenvalue weighted by Gasteiger charge is 2.69. The van der Waals surface area contributed by atoms with Crippen LogP contribution in [0.4, 0.5) is 0 Å². The van der Waals surface area contributed by atoms with Gasteiger partial charge in [0.25, 0.3) is 0 Å². The minimum absolute atomic E-state index is 0.00591. The molecule has 1 saturated carbocycles. The number of ether oxygens (including phenoxy) is 1. The molecule has 0 amide bonds. The van der Waals surface area contributed by atoms with Crippen LogP contribution < -0.4 is 0 Å². The van der Waals surface area contributed by atoms with Crippen LogP contribution in [0.15, 0.2) is 36.5 Å². The lowest BCUT2D eigenvalue weighted by atomic mass is 10.0. The predicted octanol–water partition coefficient (Wildman–Crippen LogP) is 4.98. The maximum absolute atomic E-state index is 12.4. The highest BCUT2D eigenvalue weighted by Crippen LogP contribution is 2.68. The number of halogens is 1. The molecule has 1 aliphatic carbocycles. The highest BCUT2D eigenvalue weighted by atomic mass is 35.5. The van der Waals surface area contributed by atoms with Crippen molar-refractivity contribution < 1.29 is 9.53 Å². The number of esters is 1. The van der Waals surface area contributed by atoms with Crippen LogP contribution in [0.3, 0.4) is 0 Å². The van der Waals surface area contributed by atoms with Gasteiger partial charge in [-0.3, -0.25) is 4.79 Å². The van der Waals surface area contributed by atoms with Gasteiger partial charge < -0.3 is 9.72 Å². The third kappa shape index (κ3) is 2.98. The number of H-pyrrole nitrogens is 1. The van der Waals surface area contributed by atoms with E-state index in [0.717, 1.165) is 22.7 Å². The fourth-order valence-electron chi connectivity index (χ4n) is 3.57. The van der Waals surface area contributed by atoms with Gasteiger partial charge in [-0.05, 0) is 46.6 Å². The van der Waals surface area contributed by atoms with Crippen LogP contribution in [-0.4, -0.2) is 11.0 Å². The molecule has 0 unspecified atom stereocenters. The molecule has 0 spiro atoms. The van der Waals surface area contributed by atoms with E-state index >= 15 is 0 Å². The third-order valence-electron chi connectivity index (χ3n) is 5.85. The van der Waals surface area contributed by atoms with E-state index in [1.54, 1.807) is 0 Å². The van der Waals surface area contributed by atoms with E-state index in [0.29, 0.717) is 0 Å². The quantitative estimate of drug-likeness (QED) is 0.776. The summed E-state index contributed by atoms with van der Waals surface area (Å²) >= 11 is 5.93. The van der Waals surface area contributed by atoms with Gasteiger partial charge in [0.1, 0.15) is 6.61 Å². The fourth-order valence-corrected chi connectivity index (χ4v) is 3.70. The van der Waals surface area contributed by atoms with Crippen molar-refractivity contribution in [2.45, 2.75) is 40.7 Å². The first-order valence-electron chi connectivity index (χ1n) is 8.29. The van der Waals surface area contributed by atoms with Gasteiger partial charge in [-0.15, -0.1) is 0 Å². The van der Waals surface area contributed by atoms with E-state index in [1.165, 1.54) is 5.56 Å². The van der Waals surface area contributed by atoms with E-state index in [1.807, 2.05) is 36.5 Å². The van der Waals surface area contributed by atoms with Gasteiger partial charge in [0, 0.05) is 11.2 Å². The van der Waals surface area contributed by atoms with Gasteiger partial charge in [0.05, 0.1) is 11.6 Å². The Morgan fingerprint density at radius 1 is 1.12 bits per heavy atom. The number of carbonyl (C=O) groups excluding carboxylic acids is 1. The van der Waals surface area contributed by atoms with E-state index in [9.17, 15) is 4.79 Å². The lowest BCUT2D eigenvalue weighted by molar-refractivity contribution is -0.148. The summed E-state index contributed by atoms with van der Waals surface area (Å²) in [5.74, 6) is -0.128. The number of aromatic amines is 1. The molecule has 1 N–H and O–H groups in total. The van der Waals surface area contributed by atoms with Gasteiger partial charge in [-0.1, -0.05) is 51.4 Å². The predicted molar refractivity (Wildman–Crippen MR) is 95.9 cm³/mol. The molecule has 1 aliphatic rings. The molecule has 0 atom stereocenters. The molecule has 128 valence electrons. The van der Waals surface area contributed by atoms with E-state index in [2.05, 4.69) is 32.7 Å². The number of benzene rings is 1. The molecule has 1 fully saturated rings.